The lowest BCUT2D eigenvalue weighted by atomic mass is 10.0. The van der Waals surface area contributed by atoms with Crippen molar-refractivity contribution in [2.24, 2.45) is 0 Å². The summed E-state index contributed by atoms with van der Waals surface area (Å²) in [6, 6.07) is 16.2. The monoisotopic (exact) mass is 561 g/mol. The summed E-state index contributed by atoms with van der Waals surface area (Å²) >= 11 is 6.16. The van der Waals surface area contributed by atoms with Crippen LogP contribution in [0.15, 0.2) is 65.7 Å². The molecule has 3 aromatic carbocycles. The maximum absolute atomic E-state index is 13.1. The first-order valence-electron chi connectivity index (χ1n) is 12.9. The van der Waals surface area contributed by atoms with Crippen LogP contribution in [0.25, 0.3) is 33.1 Å². The molecule has 9 nitrogen and oxygen atoms in total. The highest BCUT2D eigenvalue weighted by Gasteiger charge is 2.21. The Morgan fingerprint density at radius 2 is 2.00 bits per heavy atom. The molecule has 0 aliphatic carbocycles. The minimum absolute atomic E-state index is 0.0131. The van der Waals surface area contributed by atoms with E-state index in [4.69, 9.17) is 16.6 Å². The van der Waals surface area contributed by atoms with Crippen molar-refractivity contribution in [1.29, 1.82) is 0 Å². The Hall–Kier alpha value is -3.73. The fraction of sp³-hybridized carbons (Fsp3) is 0.250. The van der Waals surface area contributed by atoms with Gasteiger partial charge in [0.05, 0.1) is 21.7 Å². The second-order valence-electron chi connectivity index (χ2n) is 9.64. The van der Waals surface area contributed by atoms with Crippen LogP contribution in [0, 0.1) is 0 Å². The first-order valence-corrected chi connectivity index (χ1v) is 14.8. The number of hydrogen-bond acceptors (Lipinski definition) is 7. The molecule has 1 atom stereocenters. The smallest absolute Gasteiger partial charge is 0.263 e. The number of H-pyrrole nitrogens is 1. The molecule has 39 heavy (non-hydrogen) atoms. The summed E-state index contributed by atoms with van der Waals surface area (Å²) in [7, 11) is -3.90. The SMILES string of the molecule is CCc1cc(-c2n[nH]c3c(NS(=O)(=O)c4ccccc4Cl)cccc23)cc2cnc(N[C@H]3CCCNC3)nc12. The molecule has 11 heteroatoms. The van der Waals surface area contributed by atoms with E-state index in [2.05, 4.69) is 43.5 Å². The number of fused-ring (bicyclic) bond motifs is 2. The largest absolute Gasteiger partial charge is 0.350 e. The Morgan fingerprint density at radius 1 is 1.13 bits per heavy atom. The number of hydrogen-bond donors (Lipinski definition) is 4. The predicted octanol–water partition coefficient (Wildman–Crippen LogP) is 5.35. The van der Waals surface area contributed by atoms with Crippen molar-refractivity contribution in [3.63, 3.8) is 0 Å². The van der Waals surface area contributed by atoms with Crippen LogP contribution in [-0.4, -0.2) is 47.7 Å². The maximum Gasteiger partial charge on any atom is 0.263 e. The molecule has 0 spiro atoms. The van der Waals surface area contributed by atoms with Crippen LogP contribution in [0.1, 0.15) is 25.3 Å². The summed E-state index contributed by atoms with van der Waals surface area (Å²) in [5, 5.41) is 16.3. The van der Waals surface area contributed by atoms with Crippen molar-refractivity contribution < 1.29 is 8.42 Å². The number of para-hydroxylation sites is 1. The van der Waals surface area contributed by atoms with E-state index in [0.29, 0.717) is 23.2 Å². The number of nitrogens with zero attached hydrogens (tertiary/aromatic N) is 3. The number of rotatable bonds is 7. The predicted molar refractivity (Wildman–Crippen MR) is 156 cm³/mol. The Labute approximate surface area is 231 Å². The minimum atomic E-state index is -3.90. The van der Waals surface area contributed by atoms with E-state index in [-0.39, 0.29) is 9.92 Å². The molecule has 1 aliphatic heterocycles. The zero-order valence-electron chi connectivity index (χ0n) is 21.3. The summed E-state index contributed by atoms with van der Waals surface area (Å²) in [6.07, 6.45) is 4.87. The number of aromatic nitrogens is 4. The molecule has 1 fully saturated rings. The maximum atomic E-state index is 13.1. The van der Waals surface area contributed by atoms with Gasteiger partial charge in [-0.05, 0) is 61.7 Å². The molecule has 1 aliphatic rings. The van der Waals surface area contributed by atoms with Crippen molar-refractivity contribution in [1.82, 2.24) is 25.5 Å². The Balaban J connectivity index is 1.36. The van der Waals surface area contributed by atoms with Gasteiger partial charge in [0.25, 0.3) is 10.0 Å². The summed E-state index contributed by atoms with van der Waals surface area (Å²) in [6.45, 7) is 4.06. The molecular formula is C28H28ClN7O2S. The normalized spacial score (nSPS) is 16.0. The molecule has 2 aromatic heterocycles. The summed E-state index contributed by atoms with van der Waals surface area (Å²) < 4.78 is 28.8. The lowest BCUT2D eigenvalue weighted by Crippen LogP contribution is -2.38. The third kappa shape index (κ3) is 5.03. The number of aromatic amines is 1. The van der Waals surface area contributed by atoms with Crippen LogP contribution in [0.5, 0.6) is 0 Å². The van der Waals surface area contributed by atoms with Crippen LogP contribution in [-0.2, 0) is 16.4 Å². The van der Waals surface area contributed by atoms with Gasteiger partial charge in [-0.1, -0.05) is 42.8 Å². The number of aryl methyl sites for hydroxylation is 1. The first-order chi connectivity index (χ1) is 18.9. The standard InChI is InChI=1S/C28H28ClN7O2S/c1-2-17-13-18(14-19-15-31-28(33-25(17)19)32-20-7-6-12-30-16-20)26-21-8-5-10-23(27(21)35-34-26)36-39(37,38)24-11-4-3-9-22(24)29/h3-5,8-11,13-15,20,30,36H,2,6-7,12,16H2,1H3,(H,34,35)(H,31,32,33)/t20-/m0/s1. The molecule has 0 saturated carbocycles. The van der Waals surface area contributed by atoms with E-state index in [9.17, 15) is 8.42 Å². The van der Waals surface area contributed by atoms with Crippen LogP contribution >= 0.6 is 11.6 Å². The van der Waals surface area contributed by atoms with Crippen molar-refractivity contribution >= 4 is 55.1 Å². The molecule has 1 saturated heterocycles. The van der Waals surface area contributed by atoms with Crippen LogP contribution in [0.3, 0.4) is 0 Å². The van der Waals surface area contributed by atoms with Gasteiger partial charge in [0.2, 0.25) is 5.95 Å². The van der Waals surface area contributed by atoms with Crippen molar-refractivity contribution in [3.05, 3.63) is 71.4 Å². The molecule has 200 valence electrons. The number of halogens is 1. The van der Waals surface area contributed by atoms with Gasteiger partial charge in [0, 0.05) is 35.1 Å². The number of benzene rings is 3. The van der Waals surface area contributed by atoms with E-state index in [1.165, 1.54) is 6.07 Å². The fourth-order valence-electron chi connectivity index (χ4n) is 5.06. The van der Waals surface area contributed by atoms with Crippen LogP contribution < -0.4 is 15.4 Å². The highest BCUT2D eigenvalue weighted by atomic mass is 35.5. The highest BCUT2D eigenvalue weighted by molar-refractivity contribution is 7.92. The molecule has 0 radical (unpaired) electrons. The second kappa shape index (κ2) is 10.4. The molecule has 4 N–H and O–H groups in total. The lowest BCUT2D eigenvalue weighted by Gasteiger charge is -2.23. The molecule has 3 heterocycles. The zero-order valence-corrected chi connectivity index (χ0v) is 22.9. The van der Waals surface area contributed by atoms with Crippen molar-refractivity contribution in [2.75, 3.05) is 23.1 Å². The van der Waals surface area contributed by atoms with Crippen LogP contribution in [0.4, 0.5) is 11.6 Å². The van der Waals surface area contributed by atoms with Gasteiger partial charge in [0.1, 0.15) is 10.6 Å². The summed E-state index contributed by atoms with van der Waals surface area (Å²) in [5.41, 5.74) is 4.59. The average Bonchev–Trinajstić information content (AvgIpc) is 3.38. The Bertz CT molecular complexity index is 1780. The number of anilines is 2. The molecular weight excluding hydrogens is 534 g/mol. The zero-order chi connectivity index (χ0) is 27.0. The topological polar surface area (TPSA) is 125 Å². The molecule has 0 bridgehead atoms. The third-order valence-electron chi connectivity index (χ3n) is 7.02. The van der Waals surface area contributed by atoms with E-state index in [1.54, 1.807) is 30.3 Å². The van der Waals surface area contributed by atoms with Gasteiger partial charge >= 0.3 is 0 Å². The minimum Gasteiger partial charge on any atom is -0.350 e. The van der Waals surface area contributed by atoms with E-state index in [0.717, 1.165) is 65.5 Å². The molecule has 6 rings (SSSR count). The lowest BCUT2D eigenvalue weighted by molar-refractivity contribution is 0.478. The van der Waals surface area contributed by atoms with Crippen LogP contribution in [0.2, 0.25) is 5.02 Å². The van der Waals surface area contributed by atoms with Gasteiger partial charge in [-0.3, -0.25) is 9.82 Å². The van der Waals surface area contributed by atoms with E-state index in [1.807, 2.05) is 18.3 Å². The van der Waals surface area contributed by atoms with E-state index < -0.39 is 10.0 Å². The quantitative estimate of drug-likeness (QED) is 0.211. The van der Waals surface area contributed by atoms with Gasteiger partial charge < -0.3 is 10.6 Å². The Kier molecular flexibility index (Phi) is 6.84. The number of nitrogens with one attached hydrogen (secondary N) is 4. The first kappa shape index (κ1) is 25.5. The molecule has 0 amide bonds. The van der Waals surface area contributed by atoms with Crippen molar-refractivity contribution in [2.45, 2.75) is 37.1 Å². The molecule has 0 unspecified atom stereocenters. The second-order valence-corrected chi connectivity index (χ2v) is 11.7. The summed E-state index contributed by atoms with van der Waals surface area (Å²) in [5.74, 6) is 0.638. The summed E-state index contributed by atoms with van der Waals surface area (Å²) in [4.78, 5) is 9.45. The average molecular weight is 562 g/mol. The molecule has 5 aromatic rings. The van der Waals surface area contributed by atoms with Gasteiger partial charge in [0.15, 0.2) is 0 Å². The van der Waals surface area contributed by atoms with Gasteiger partial charge in [-0.2, -0.15) is 5.10 Å². The van der Waals surface area contributed by atoms with Gasteiger partial charge in [-0.25, -0.2) is 18.4 Å². The Morgan fingerprint density at radius 3 is 2.79 bits per heavy atom. The number of sulfonamides is 1. The highest BCUT2D eigenvalue weighted by Crippen LogP contribution is 2.34. The number of piperidine rings is 1. The van der Waals surface area contributed by atoms with Crippen molar-refractivity contribution in [3.8, 4) is 11.3 Å². The fourth-order valence-corrected chi connectivity index (χ4v) is 6.65. The van der Waals surface area contributed by atoms with Gasteiger partial charge in [-0.15, -0.1) is 0 Å². The van der Waals surface area contributed by atoms with E-state index >= 15 is 0 Å². The third-order valence-corrected chi connectivity index (χ3v) is 8.88.